The Morgan fingerprint density at radius 3 is 2.55 bits per heavy atom. The van der Waals surface area contributed by atoms with Gasteiger partial charge >= 0.3 is 0 Å². The molecule has 0 atom stereocenters. The van der Waals surface area contributed by atoms with Crippen LogP contribution in [0.2, 0.25) is 5.02 Å². The monoisotopic (exact) mass is 545 g/mol. The van der Waals surface area contributed by atoms with Gasteiger partial charge in [0.2, 0.25) is 0 Å². The lowest BCUT2D eigenvalue weighted by atomic mass is 9.95. The fourth-order valence-electron chi connectivity index (χ4n) is 4.46. The zero-order valence-corrected chi connectivity index (χ0v) is 22.4. The summed E-state index contributed by atoms with van der Waals surface area (Å²) in [6, 6.07) is 25.0. The molecule has 0 aliphatic heterocycles. The minimum Gasteiger partial charge on any atom is -0.457 e. The number of hydrogen-bond donors (Lipinski definition) is 1. The molecular formula is C29H28ClN5O2S. The smallest absolute Gasteiger partial charge is 0.250 e. The molecule has 194 valence electrons. The van der Waals surface area contributed by atoms with Crippen LogP contribution < -0.4 is 10.2 Å². The van der Waals surface area contributed by atoms with Crippen molar-refractivity contribution in [2.24, 2.45) is 5.10 Å². The predicted molar refractivity (Wildman–Crippen MR) is 152 cm³/mol. The number of nitrogens with zero attached hydrogens (tertiary/aromatic N) is 4. The highest BCUT2D eigenvalue weighted by atomic mass is 35.5. The van der Waals surface area contributed by atoms with E-state index in [0.717, 1.165) is 40.7 Å². The molecule has 1 aromatic heterocycles. The zero-order chi connectivity index (χ0) is 26.2. The van der Waals surface area contributed by atoms with Gasteiger partial charge in [-0.1, -0.05) is 73.0 Å². The number of nitrogens with one attached hydrogen (secondary N) is 1. The molecule has 1 saturated carbocycles. The second kappa shape index (κ2) is 12.8. The third kappa shape index (κ3) is 6.82. The fourth-order valence-corrected chi connectivity index (χ4v) is 5.39. The van der Waals surface area contributed by atoms with Crippen LogP contribution in [-0.2, 0) is 4.79 Å². The molecule has 7 nitrogen and oxygen atoms in total. The molecule has 1 N–H and O–H groups in total. The van der Waals surface area contributed by atoms with Gasteiger partial charge in [-0.3, -0.25) is 9.36 Å². The number of hydrazone groups is 1. The second-order valence-electron chi connectivity index (χ2n) is 9.04. The van der Waals surface area contributed by atoms with Crippen molar-refractivity contribution in [1.29, 1.82) is 0 Å². The molecule has 1 aliphatic carbocycles. The number of thioether (sulfide) groups is 1. The molecule has 1 heterocycles. The number of ether oxygens (including phenoxy) is 1. The first-order valence-electron chi connectivity index (χ1n) is 12.6. The lowest BCUT2D eigenvalue weighted by Gasteiger charge is -2.25. The molecule has 0 spiro atoms. The second-order valence-corrected chi connectivity index (χ2v) is 10.4. The van der Waals surface area contributed by atoms with Gasteiger partial charge in [0, 0.05) is 16.6 Å². The van der Waals surface area contributed by atoms with Crippen molar-refractivity contribution in [2.45, 2.75) is 43.3 Å². The Kier molecular flexibility index (Phi) is 8.73. The van der Waals surface area contributed by atoms with Gasteiger partial charge in [-0.05, 0) is 66.9 Å². The molecule has 5 rings (SSSR count). The Morgan fingerprint density at radius 2 is 1.76 bits per heavy atom. The van der Waals surface area contributed by atoms with Crippen LogP contribution in [-0.4, -0.2) is 32.6 Å². The van der Waals surface area contributed by atoms with E-state index in [1.54, 1.807) is 6.21 Å². The van der Waals surface area contributed by atoms with Crippen LogP contribution in [0, 0.1) is 0 Å². The Hall–Kier alpha value is -3.62. The van der Waals surface area contributed by atoms with Gasteiger partial charge in [-0.15, -0.1) is 10.2 Å². The van der Waals surface area contributed by atoms with Crippen LogP contribution in [0.5, 0.6) is 11.5 Å². The largest absolute Gasteiger partial charge is 0.457 e. The van der Waals surface area contributed by atoms with Gasteiger partial charge in [0.15, 0.2) is 11.0 Å². The fraction of sp³-hybridized carbons (Fsp3) is 0.241. The number of hydrogen-bond acceptors (Lipinski definition) is 6. The highest BCUT2D eigenvalue weighted by molar-refractivity contribution is 7.99. The van der Waals surface area contributed by atoms with E-state index in [1.165, 1.54) is 31.0 Å². The van der Waals surface area contributed by atoms with E-state index in [4.69, 9.17) is 16.3 Å². The summed E-state index contributed by atoms with van der Waals surface area (Å²) in [5.74, 6) is 2.23. The van der Waals surface area contributed by atoms with Crippen molar-refractivity contribution in [3.63, 3.8) is 0 Å². The summed E-state index contributed by atoms with van der Waals surface area (Å²) in [5.41, 5.74) is 4.39. The van der Waals surface area contributed by atoms with Crippen LogP contribution in [0.25, 0.3) is 11.4 Å². The summed E-state index contributed by atoms with van der Waals surface area (Å²) >= 11 is 7.46. The van der Waals surface area contributed by atoms with Gasteiger partial charge in [0.1, 0.15) is 11.5 Å². The third-order valence-corrected chi connectivity index (χ3v) is 7.47. The van der Waals surface area contributed by atoms with E-state index in [0.29, 0.717) is 16.8 Å². The summed E-state index contributed by atoms with van der Waals surface area (Å²) in [5, 5.41) is 14.5. The number of rotatable bonds is 9. The Morgan fingerprint density at radius 1 is 1.00 bits per heavy atom. The van der Waals surface area contributed by atoms with Gasteiger partial charge in [0.25, 0.3) is 5.91 Å². The summed E-state index contributed by atoms with van der Waals surface area (Å²) < 4.78 is 8.06. The zero-order valence-electron chi connectivity index (χ0n) is 20.8. The van der Waals surface area contributed by atoms with Crippen molar-refractivity contribution < 1.29 is 9.53 Å². The molecule has 38 heavy (non-hydrogen) atoms. The van der Waals surface area contributed by atoms with Crippen LogP contribution in [0.1, 0.15) is 43.7 Å². The molecule has 9 heteroatoms. The maximum atomic E-state index is 12.6. The third-order valence-electron chi connectivity index (χ3n) is 6.28. The van der Waals surface area contributed by atoms with E-state index in [9.17, 15) is 4.79 Å². The SMILES string of the molecule is O=C(CSc1nnc(-c2ccc(Cl)cc2)n1C1CCCCC1)N/N=C/c1cccc(Oc2ccccc2)c1. The Labute approximate surface area is 231 Å². The number of para-hydroxylation sites is 1. The first kappa shape index (κ1) is 26.0. The van der Waals surface area contributed by atoms with Crippen LogP contribution in [0.4, 0.5) is 0 Å². The first-order valence-corrected chi connectivity index (χ1v) is 14.0. The minimum atomic E-state index is -0.214. The molecule has 1 amide bonds. The summed E-state index contributed by atoms with van der Waals surface area (Å²) in [7, 11) is 0. The molecule has 0 saturated heterocycles. The van der Waals surface area contributed by atoms with Gasteiger partial charge in [0.05, 0.1) is 12.0 Å². The lowest BCUT2D eigenvalue weighted by molar-refractivity contribution is -0.118. The van der Waals surface area contributed by atoms with E-state index >= 15 is 0 Å². The average Bonchev–Trinajstić information content (AvgIpc) is 3.37. The summed E-state index contributed by atoms with van der Waals surface area (Å²) in [6.07, 6.45) is 7.37. The van der Waals surface area contributed by atoms with Crippen molar-refractivity contribution in [2.75, 3.05) is 5.75 Å². The molecule has 0 unspecified atom stereocenters. The normalized spacial score (nSPS) is 14.0. The number of carbonyl (C=O) groups is 1. The molecule has 0 bridgehead atoms. The Balaban J connectivity index is 1.21. The van der Waals surface area contributed by atoms with Gasteiger partial charge in [-0.25, -0.2) is 5.43 Å². The molecule has 3 aromatic carbocycles. The van der Waals surface area contributed by atoms with Crippen molar-refractivity contribution >= 4 is 35.5 Å². The number of halogens is 1. The number of benzene rings is 3. The van der Waals surface area contributed by atoms with E-state index in [1.807, 2.05) is 78.9 Å². The van der Waals surface area contributed by atoms with Gasteiger partial charge in [-0.2, -0.15) is 5.10 Å². The first-order chi connectivity index (χ1) is 18.7. The Bertz CT molecular complexity index is 1390. The highest BCUT2D eigenvalue weighted by Gasteiger charge is 2.24. The molecular weight excluding hydrogens is 518 g/mol. The maximum absolute atomic E-state index is 12.6. The van der Waals surface area contributed by atoms with Crippen LogP contribution in [0.15, 0.2) is 89.1 Å². The molecule has 1 aliphatic rings. The molecule has 1 fully saturated rings. The lowest BCUT2D eigenvalue weighted by Crippen LogP contribution is -2.20. The highest BCUT2D eigenvalue weighted by Crippen LogP contribution is 2.35. The predicted octanol–water partition coefficient (Wildman–Crippen LogP) is 7.14. The van der Waals surface area contributed by atoms with Crippen molar-refractivity contribution in [1.82, 2.24) is 20.2 Å². The minimum absolute atomic E-state index is 0.181. The molecule has 0 radical (unpaired) electrons. The topological polar surface area (TPSA) is 81.4 Å². The number of aromatic nitrogens is 3. The standard InChI is InChI=1S/C29H28ClN5O2S/c30-23-16-14-22(15-17-23)28-33-34-29(35(28)24-9-3-1-4-10-24)38-20-27(36)32-31-19-21-8-7-13-26(18-21)37-25-11-5-2-6-12-25/h2,5-8,11-19,24H,1,3-4,9-10,20H2,(H,32,36)/b31-19+. The quantitative estimate of drug-likeness (QED) is 0.137. The number of amides is 1. The van der Waals surface area contributed by atoms with E-state index < -0.39 is 0 Å². The maximum Gasteiger partial charge on any atom is 0.250 e. The average molecular weight is 546 g/mol. The van der Waals surface area contributed by atoms with Crippen LogP contribution in [0.3, 0.4) is 0 Å². The van der Waals surface area contributed by atoms with Crippen LogP contribution >= 0.6 is 23.4 Å². The van der Waals surface area contributed by atoms with Gasteiger partial charge < -0.3 is 4.74 Å². The molecule has 4 aromatic rings. The summed E-state index contributed by atoms with van der Waals surface area (Å²) in [6.45, 7) is 0. The van der Waals surface area contributed by atoms with E-state index in [2.05, 4.69) is 25.3 Å². The summed E-state index contributed by atoms with van der Waals surface area (Å²) in [4.78, 5) is 12.6. The van der Waals surface area contributed by atoms with E-state index in [-0.39, 0.29) is 11.7 Å². The van der Waals surface area contributed by atoms with Crippen molar-refractivity contribution in [3.8, 4) is 22.9 Å². The number of carbonyl (C=O) groups excluding carboxylic acids is 1. The van der Waals surface area contributed by atoms with Crippen molar-refractivity contribution in [3.05, 3.63) is 89.4 Å².